The molecule has 1 aromatic rings. The van der Waals surface area contributed by atoms with Gasteiger partial charge in [-0.3, -0.25) is 4.79 Å². The van der Waals surface area contributed by atoms with Crippen molar-refractivity contribution < 1.29 is 14.3 Å². The molecule has 1 aliphatic rings. The van der Waals surface area contributed by atoms with Crippen LogP contribution < -0.4 is 15.8 Å². The zero-order valence-corrected chi connectivity index (χ0v) is 9.26. The van der Waals surface area contributed by atoms with E-state index in [4.69, 9.17) is 15.2 Å². The topological polar surface area (TPSA) is 99.4 Å². The van der Waals surface area contributed by atoms with E-state index in [1.54, 1.807) is 0 Å². The first-order valence-electron chi connectivity index (χ1n) is 5.33. The molecular weight excluding hydrogens is 224 g/mol. The summed E-state index contributed by atoms with van der Waals surface area (Å²) in [5.74, 6) is -0.509. The molecule has 7 heteroatoms. The van der Waals surface area contributed by atoms with Crippen molar-refractivity contribution in [3.05, 3.63) is 18.1 Å². The van der Waals surface area contributed by atoms with E-state index >= 15 is 0 Å². The van der Waals surface area contributed by atoms with Gasteiger partial charge in [-0.15, -0.1) is 0 Å². The second-order valence-corrected chi connectivity index (χ2v) is 3.58. The fourth-order valence-electron chi connectivity index (χ4n) is 1.50. The Morgan fingerprint density at radius 1 is 1.59 bits per heavy atom. The van der Waals surface area contributed by atoms with E-state index in [0.29, 0.717) is 19.8 Å². The van der Waals surface area contributed by atoms with Crippen LogP contribution in [-0.2, 0) is 4.74 Å². The molecule has 0 radical (unpaired) electrons. The number of ether oxygens (including phenoxy) is 2. The minimum absolute atomic E-state index is 0.0382. The highest BCUT2D eigenvalue weighted by Crippen LogP contribution is 2.11. The van der Waals surface area contributed by atoms with E-state index in [9.17, 15) is 4.79 Å². The molecule has 1 fully saturated rings. The molecule has 3 N–H and O–H groups in total. The van der Waals surface area contributed by atoms with Gasteiger partial charge in [0, 0.05) is 25.5 Å². The monoisotopic (exact) mass is 238 g/mol. The quantitative estimate of drug-likeness (QED) is 0.694. The molecule has 0 saturated carbocycles. The Labute approximate surface area is 98.3 Å². The predicted octanol–water partition coefficient (Wildman–Crippen LogP) is -1.06. The van der Waals surface area contributed by atoms with Crippen molar-refractivity contribution in [2.45, 2.75) is 6.10 Å². The number of primary amides is 1. The third-order valence-corrected chi connectivity index (χ3v) is 2.31. The number of amides is 1. The van der Waals surface area contributed by atoms with E-state index in [1.165, 1.54) is 12.4 Å². The first-order valence-corrected chi connectivity index (χ1v) is 5.33. The number of aromatic nitrogens is 2. The molecule has 1 amide bonds. The standard InChI is InChI=1S/C10H14N4O3/c11-9(15)8-10(14-2-1-13-8)17-6-7-5-12-3-4-16-7/h1-2,7,12H,3-6H2,(H2,11,15). The van der Waals surface area contributed by atoms with E-state index in [1.807, 2.05) is 0 Å². The molecule has 7 nitrogen and oxygen atoms in total. The van der Waals surface area contributed by atoms with Crippen molar-refractivity contribution in [1.29, 1.82) is 0 Å². The van der Waals surface area contributed by atoms with Crippen LogP contribution in [0.2, 0.25) is 0 Å². The van der Waals surface area contributed by atoms with Gasteiger partial charge in [-0.2, -0.15) is 0 Å². The van der Waals surface area contributed by atoms with Crippen LogP contribution in [0.1, 0.15) is 10.5 Å². The zero-order chi connectivity index (χ0) is 12.1. The van der Waals surface area contributed by atoms with Crippen molar-refractivity contribution in [1.82, 2.24) is 15.3 Å². The van der Waals surface area contributed by atoms with Crippen molar-refractivity contribution in [3.63, 3.8) is 0 Å². The second kappa shape index (κ2) is 5.55. The van der Waals surface area contributed by atoms with Crippen LogP contribution in [0.4, 0.5) is 0 Å². The van der Waals surface area contributed by atoms with E-state index in [0.717, 1.165) is 6.54 Å². The first-order chi connectivity index (χ1) is 8.27. The average Bonchev–Trinajstić information content (AvgIpc) is 2.38. The minimum atomic E-state index is -0.657. The Morgan fingerprint density at radius 2 is 2.41 bits per heavy atom. The highest BCUT2D eigenvalue weighted by molar-refractivity contribution is 5.92. The summed E-state index contributed by atoms with van der Waals surface area (Å²) in [5.41, 5.74) is 5.20. The van der Waals surface area contributed by atoms with Gasteiger partial charge in [-0.25, -0.2) is 9.97 Å². The number of nitrogens with one attached hydrogen (secondary N) is 1. The zero-order valence-electron chi connectivity index (χ0n) is 9.26. The second-order valence-electron chi connectivity index (χ2n) is 3.58. The van der Waals surface area contributed by atoms with Crippen LogP contribution in [0.25, 0.3) is 0 Å². The molecule has 0 aromatic carbocycles. The predicted molar refractivity (Wildman–Crippen MR) is 58.7 cm³/mol. The maximum atomic E-state index is 11.1. The number of rotatable bonds is 4. The van der Waals surface area contributed by atoms with Crippen LogP contribution in [0.15, 0.2) is 12.4 Å². The highest BCUT2D eigenvalue weighted by Gasteiger charge is 2.17. The summed E-state index contributed by atoms with van der Waals surface area (Å²) in [6.45, 7) is 2.52. The summed E-state index contributed by atoms with van der Waals surface area (Å²) in [5, 5.41) is 3.18. The molecule has 1 aromatic heterocycles. The van der Waals surface area contributed by atoms with Crippen molar-refractivity contribution >= 4 is 5.91 Å². The molecule has 2 rings (SSSR count). The summed E-state index contributed by atoms with van der Waals surface area (Å²) in [4.78, 5) is 18.8. The molecule has 92 valence electrons. The maximum Gasteiger partial charge on any atom is 0.272 e. The lowest BCUT2D eigenvalue weighted by molar-refractivity contribution is -0.00101. The molecule has 17 heavy (non-hydrogen) atoms. The highest BCUT2D eigenvalue weighted by atomic mass is 16.5. The number of morpholine rings is 1. The summed E-state index contributed by atoms with van der Waals surface area (Å²) < 4.78 is 10.8. The number of nitrogens with zero attached hydrogens (tertiary/aromatic N) is 2. The minimum Gasteiger partial charge on any atom is -0.473 e. The first kappa shape index (κ1) is 11.7. The van der Waals surface area contributed by atoms with Gasteiger partial charge in [0.25, 0.3) is 5.91 Å². The van der Waals surface area contributed by atoms with Crippen molar-refractivity contribution in [3.8, 4) is 5.88 Å². The molecule has 0 bridgehead atoms. The lowest BCUT2D eigenvalue weighted by Gasteiger charge is -2.23. The van der Waals surface area contributed by atoms with Gasteiger partial charge < -0.3 is 20.5 Å². The molecule has 2 heterocycles. The van der Waals surface area contributed by atoms with Gasteiger partial charge in [-0.1, -0.05) is 0 Å². The Bertz CT molecular complexity index is 393. The fraction of sp³-hybridized carbons (Fsp3) is 0.500. The summed E-state index contributed by atoms with van der Waals surface area (Å²) in [7, 11) is 0. The third kappa shape index (κ3) is 3.11. The molecular formula is C10H14N4O3. The summed E-state index contributed by atoms with van der Waals surface area (Å²) in [6.07, 6.45) is 2.79. The number of hydrogen-bond acceptors (Lipinski definition) is 6. The van der Waals surface area contributed by atoms with E-state index in [-0.39, 0.29) is 17.7 Å². The van der Waals surface area contributed by atoms with Crippen LogP contribution in [0.5, 0.6) is 5.88 Å². The van der Waals surface area contributed by atoms with Gasteiger partial charge in [0.2, 0.25) is 5.88 Å². The van der Waals surface area contributed by atoms with Crippen LogP contribution in [0, 0.1) is 0 Å². The lowest BCUT2D eigenvalue weighted by Crippen LogP contribution is -2.41. The van der Waals surface area contributed by atoms with Gasteiger partial charge in [0.05, 0.1) is 6.61 Å². The number of nitrogens with two attached hydrogens (primary N) is 1. The lowest BCUT2D eigenvalue weighted by atomic mass is 10.3. The molecule has 0 spiro atoms. The Morgan fingerprint density at radius 3 is 3.12 bits per heavy atom. The van der Waals surface area contributed by atoms with Crippen LogP contribution in [0.3, 0.4) is 0 Å². The van der Waals surface area contributed by atoms with Gasteiger partial charge in [0.1, 0.15) is 12.7 Å². The van der Waals surface area contributed by atoms with Crippen molar-refractivity contribution in [2.75, 3.05) is 26.3 Å². The largest absolute Gasteiger partial charge is 0.473 e. The number of carbonyl (C=O) groups excluding carboxylic acids is 1. The van der Waals surface area contributed by atoms with Crippen LogP contribution in [-0.4, -0.2) is 48.3 Å². The molecule has 0 aliphatic carbocycles. The summed E-state index contributed by atoms with van der Waals surface area (Å²) >= 11 is 0. The Balaban J connectivity index is 1.96. The Hall–Kier alpha value is -1.73. The van der Waals surface area contributed by atoms with Gasteiger partial charge >= 0.3 is 0 Å². The smallest absolute Gasteiger partial charge is 0.272 e. The van der Waals surface area contributed by atoms with Gasteiger partial charge in [0.15, 0.2) is 5.69 Å². The molecule has 1 saturated heterocycles. The maximum absolute atomic E-state index is 11.1. The number of carbonyl (C=O) groups is 1. The summed E-state index contributed by atoms with van der Waals surface area (Å²) in [6, 6.07) is 0. The molecule has 1 unspecified atom stereocenters. The molecule has 1 atom stereocenters. The third-order valence-electron chi connectivity index (χ3n) is 2.31. The molecule has 1 aliphatic heterocycles. The van der Waals surface area contributed by atoms with E-state index < -0.39 is 5.91 Å². The van der Waals surface area contributed by atoms with E-state index in [2.05, 4.69) is 15.3 Å². The normalized spacial score (nSPS) is 19.9. The van der Waals surface area contributed by atoms with Crippen LogP contribution >= 0.6 is 0 Å². The SMILES string of the molecule is NC(=O)c1nccnc1OCC1CNCCO1. The van der Waals surface area contributed by atoms with Crippen molar-refractivity contribution in [2.24, 2.45) is 5.73 Å². The van der Waals surface area contributed by atoms with Gasteiger partial charge in [-0.05, 0) is 0 Å². The number of hydrogen-bond donors (Lipinski definition) is 2. The Kier molecular flexibility index (Phi) is 3.84. The fourth-order valence-corrected chi connectivity index (χ4v) is 1.50. The average molecular weight is 238 g/mol.